The summed E-state index contributed by atoms with van der Waals surface area (Å²) >= 11 is 4.82. The van der Waals surface area contributed by atoms with E-state index in [1.807, 2.05) is 5.38 Å². The minimum atomic E-state index is -1.05. The van der Waals surface area contributed by atoms with Crippen LogP contribution >= 0.6 is 27.3 Å². The average molecular weight is 597 g/mol. The number of aliphatic carboxylic acids is 1. The Morgan fingerprint density at radius 3 is 2.95 bits per heavy atom. The van der Waals surface area contributed by atoms with Crippen LogP contribution in [-0.2, 0) is 23.8 Å². The lowest BCUT2D eigenvalue weighted by atomic mass is 9.95. The van der Waals surface area contributed by atoms with E-state index in [0.29, 0.717) is 51.9 Å². The lowest BCUT2D eigenvalue weighted by Gasteiger charge is -2.37. The number of aromatic nitrogens is 1. The zero-order valence-corrected chi connectivity index (χ0v) is 22.4. The predicted molar refractivity (Wildman–Crippen MR) is 137 cm³/mol. The van der Waals surface area contributed by atoms with E-state index in [1.165, 1.54) is 23.5 Å². The average Bonchev–Trinajstić information content (AvgIpc) is 3.40. The molecule has 1 unspecified atom stereocenters. The third-order valence-corrected chi connectivity index (χ3v) is 7.23. The smallest absolute Gasteiger partial charge is 0.338 e. The number of nitrogens with one attached hydrogen (secondary N) is 1. The first-order valence-electron chi connectivity index (χ1n) is 11.6. The zero-order valence-electron chi connectivity index (χ0n) is 20.0. The molecule has 2 atom stereocenters. The Balaban J connectivity index is 1.74. The Bertz CT molecular complexity index is 1190. The van der Waals surface area contributed by atoms with Crippen LogP contribution in [-0.4, -0.2) is 84.9 Å². The second kappa shape index (κ2) is 12.7. The molecule has 10 nitrogen and oxygen atoms in total. The summed E-state index contributed by atoms with van der Waals surface area (Å²) in [5.74, 6) is -1.54. The van der Waals surface area contributed by atoms with E-state index in [9.17, 15) is 14.0 Å². The summed E-state index contributed by atoms with van der Waals surface area (Å²) in [5, 5.41) is 14.7. The van der Waals surface area contributed by atoms with Crippen LogP contribution in [0.4, 0.5) is 4.39 Å². The van der Waals surface area contributed by atoms with Gasteiger partial charge in [-0.25, -0.2) is 19.0 Å². The summed E-state index contributed by atoms with van der Waals surface area (Å²) in [5.41, 5.74) is 1.46. The highest BCUT2D eigenvalue weighted by Gasteiger charge is 2.36. The fraction of sp³-hybridized carbons (Fsp3) is 0.417. The molecule has 13 heteroatoms. The number of thiazole rings is 1. The standard InChI is InChI=1S/C24H26BrFN4O6S/c1-2-36-24(33)20-18(10-30-6-7-34-11-15(30)12-35-13-19(31)32)28-22(23-27-5-8-37-23)29-21(20)16-4-3-14(26)9-17(16)25/h3-5,8-9,15,21H,2,6-7,10-13H2,1H3,(H,28,29)(H,31,32)/t15?,21-/m0/s1. The fourth-order valence-corrected chi connectivity index (χ4v) is 5.26. The first-order valence-corrected chi connectivity index (χ1v) is 13.3. The number of morpholine rings is 1. The van der Waals surface area contributed by atoms with Crippen molar-refractivity contribution in [3.8, 4) is 0 Å². The number of hydrogen-bond acceptors (Lipinski definition) is 10. The Morgan fingerprint density at radius 1 is 1.41 bits per heavy atom. The minimum Gasteiger partial charge on any atom is -0.480 e. The van der Waals surface area contributed by atoms with Gasteiger partial charge in [0.25, 0.3) is 0 Å². The number of carbonyl (C=O) groups is 2. The van der Waals surface area contributed by atoms with Gasteiger partial charge in [-0.1, -0.05) is 22.0 Å². The lowest BCUT2D eigenvalue weighted by Crippen LogP contribution is -2.51. The Morgan fingerprint density at radius 2 is 2.24 bits per heavy atom. The number of benzene rings is 1. The molecule has 2 N–H and O–H groups in total. The van der Waals surface area contributed by atoms with Crippen molar-refractivity contribution in [2.75, 3.05) is 46.1 Å². The number of halogens is 2. The molecule has 0 aliphatic carbocycles. The molecule has 1 aromatic carbocycles. The van der Waals surface area contributed by atoms with Crippen LogP contribution in [0.3, 0.4) is 0 Å². The van der Waals surface area contributed by atoms with Crippen molar-refractivity contribution in [2.24, 2.45) is 4.99 Å². The normalized spacial score (nSPS) is 20.4. The van der Waals surface area contributed by atoms with Gasteiger partial charge in [0.2, 0.25) is 0 Å². The van der Waals surface area contributed by atoms with Crippen molar-refractivity contribution in [3.63, 3.8) is 0 Å². The van der Waals surface area contributed by atoms with Gasteiger partial charge in [0.05, 0.1) is 38.0 Å². The highest BCUT2D eigenvalue weighted by Crippen LogP contribution is 2.37. The molecular formula is C24H26BrFN4O6S. The zero-order chi connectivity index (χ0) is 26.4. The van der Waals surface area contributed by atoms with Crippen molar-refractivity contribution < 1.29 is 33.3 Å². The highest BCUT2D eigenvalue weighted by atomic mass is 79.9. The molecule has 198 valence electrons. The van der Waals surface area contributed by atoms with Crippen molar-refractivity contribution in [2.45, 2.75) is 19.0 Å². The monoisotopic (exact) mass is 596 g/mol. The Hall–Kier alpha value is -2.71. The molecule has 2 aliphatic heterocycles. The van der Waals surface area contributed by atoms with Gasteiger partial charge in [0.1, 0.15) is 18.5 Å². The molecule has 1 aromatic heterocycles. The number of amidine groups is 1. The number of aliphatic imine (C=N–C) groups is 1. The van der Waals surface area contributed by atoms with Crippen LogP contribution in [0.15, 0.2) is 50.5 Å². The maximum absolute atomic E-state index is 13.9. The van der Waals surface area contributed by atoms with Crippen LogP contribution in [0, 0.1) is 5.82 Å². The van der Waals surface area contributed by atoms with Gasteiger partial charge in [-0.05, 0) is 24.6 Å². The van der Waals surface area contributed by atoms with Gasteiger partial charge in [0.15, 0.2) is 10.8 Å². The molecule has 0 radical (unpaired) electrons. The summed E-state index contributed by atoms with van der Waals surface area (Å²) in [7, 11) is 0. The number of nitrogens with zero attached hydrogens (tertiary/aromatic N) is 3. The predicted octanol–water partition coefficient (Wildman–Crippen LogP) is 2.76. The number of esters is 1. The van der Waals surface area contributed by atoms with Gasteiger partial charge in [-0.2, -0.15) is 0 Å². The molecule has 2 aromatic rings. The Labute approximate surface area is 225 Å². The summed E-state index contributed by atoms with van der Waals surface area (Å²) in [6.07, 6.45) is 1.66. The molecule has 4 rings (SSSR count). The van der Waals surface area contributed by atoms with Gasteiger partial charge in [-0.15, -0.1) is 11.3 Å². The molecule has 0 amide bonds. The van der Waals surface area contributed by atoms with E-state index in [0.717, 1.165) is 0 Å². The number of carboxylic acid groups (broad SMARTS) is 1. The number of carboxylic acids is 1. The van der Waals surface area contributed by atoms with Crippen LogP contribution < -0.4 is 5.32 Å². The highest BCUT2D eigenvalue weighted by molar-refractivity contribution is 9.10. The maximum Gasteiger partial charge on any atom is 0.338 e. The van der Waals surface area contributed by atoms with Gasteiger partial charge in [0, 0.05) is 34.8 Å². The molecule has 0 spiro atoms. The van der Waals surface area contributed by atoms with E-state index in [-0.39, 0.29) is 25.8 Å². The van der Waals surface area contributed by atoms with E-state index in [4.69, 9.17) is 24.3 Å². The van der Waals surface area contributed by atoms with Crippen LogP contribution in [0.1, 0.15) is 23.5 Å². The summed E-state index contributed by atoms with van der Waals surface area (Å²) in [6.45, 7) is 3.27. The Kier molecular flexibility index (Phi) is 9.38. The number of hydrogen-bond donors (Lipinski definition) is 2. The SMILES string of the molecule is CCOC(=O)C1=C(CN2CCOCC2COCC(=O)O)NC(c2nccs2)=N[C@H]1c1ccc(F)cc1Br. The largest absolute Gasteiger partial charge is 0.480 e. The molecule has 1 fully saturated rings. The maximum atomic E-state index is 13.9. The van der Waals surface area contributed by atoms with Crippen molar-refractivity contribution in [1.29, 1.82) is 0 Å². The summed E-state index contributed by atoms with van der Waals surface area (Å²) in [4.78, 5) is 35.5. The van der Waals surface area contributed by atoms with Gasteiger partial charge >= 0.3 is 11.9 Å². The van der Waals surface area contributed by atoms with E-state index in [1.54, 1.807) is 19.2 Å². The van der Waals surface area contributed by atoms with E-state index < -0.39 is 30.4 Å². The topological polar surface area (TPSA) is 123 Å². The summed E-state index contributed by atoms with van der Waals surface area (Å²) < 4.78 is 30.7. The van der Waals surface area contributed by atoms with E-state index in [2.05, 4.69) is 31.1 Å². The first-order chi connectivity index (χ1) is 17.9. The second-order valence-corrected chi connectivity index (χ2v) is 9.98. The minimum absolute atomic E-state index is 0.148. The molecular weight excluding hydrogens is 571 g/mol. The molecule has 37 heavy (non-hydrogen) atoms. The fourth-order valence-electron chi connectivity index (χ4n) is 4.10. The van der Waals surface area contributed by atoms with Crippen LogP contribution in [0.5, 0.6) is 0 Å². The molecule has 3 heterocycles. The van der Waals surface area contributed by atoms with Crippen molar-refractivity contribution >= 4 is 45.0 Å². The first kappa shape index (κ1) is 27.3. The summed E-state index contributed by atoms with van der Waals surface area (Å²) in [6, 6.07) is 3.22. The molecule has 2 aliphatic rings. The third-order valence-electron chi connectivity index (χ3n) is 5.76. The van der Waals surface area contributed by atoms with Gasteiger partial charge in [-0.3, -0.25) is 9.89 Å². The number of carbonyl (C=O) groups excluding carboxylic acids is 1. The number of ether oxygens (including phenoxy) is 3. The molecule has 1 saturated heterocycles. The molecule has 0 bridgehead atoms. The number of rotatable bonds is 10. The molecule has 0 saturated carbocycles. The van der Waals surface area contributed by atoms with E-state index >= 15 is 0 Å². The van der Waals surface area contributed by atoms with Crippen LogP contribution in [0.25, 0.3) is 0 Å². The van der Waals surface area contributed by atoms with Crippen molar-refractivity contribution in [3.05, 3.63) is 61.9 Å². The lowest BCUT2D eigenvalue weighted by molar-refractivity contribution is -0.144. The second-order valence-electron chi connectivity index (χ2n) is 8.23. The third kappa shape index (κ3) is 6.79. The van der Waals surface area contributed by atoms with Crippen LogP contribution in [0.2, 0.25) is 0 Å². The van der Waals surface area contributed by atoms with Crippen molar-refractivity contribution in [1.82, 2.24) is 15.2 Å². The quantitative estimate of drug-likeness (QED) is 0.398. The van der Waals surface area contributed by atoms with Gasteiger partial charge < -0.3 is 24.6 Å².